The topological polar surface area (TPSA) is 52.1 Å². The van der Waals surface area contributed by atoms with E-state index in [0.29, 0.717) is 6.04 Å². The van der Waals surface area contributed by atoms with E-state index in [1.807, 2.05) is 7.05 Å². The lowest BCUT2D eigenvalue weighted by molar-refractivity contribution is -0.0852. The van der Waals surface area contributed by atoms with Gasteiger partial charge in [0.1, 0.15) is 0 Å². The predicted molar refractivity (Wildman–Crippen MR) is 119 cm³/mol. The second-order valence-electron chi connectivity index (χ2n) is 8.45. The number of nitrogens with zero attached hydrogens (tertiary/aromatic N) is 3. The first kappa shape index (κ1) is 22.2. The van der Waals surface area contributed by atoms with Crippen molar-refractivity contribution in [1.82, 2.24) is 20.4 Å². The van der Waals surface area contributed by atoms with Crippen LogP contribution in [0.1, 0.15) is 46.0 Å². The third-order valence-electron chi connectivity index (χ3n) is 5.85. The Bertz CT molecular complexity index is 453. The average Bonchev–Trinajstić information content (AvgIpc) is 3.24. The lowest BCUT2D eigenvalue weighted by Gasteiger charge is -2.38. The number of aliphatic imine (C=N–C) groups is 1. The molecule has 26 heavy (non-hydrogen) atoms. The predicted octanol–water partition coefficient (Wildman–Crippen LogP) is 1.90. The molecular formula is C19H38IN5O. The van der Waals surface area contributed by atoms with Gasteiger partial charge in [0.05, 0.1) is 12.2 Å². The van der Waals surface area contributed by atoms with E-state index in [1.165, 1.54) is 45.2 Å². The van der Waals surface area contributed by atoms with Crippen LogP contribution in [0, 0.1) is 0 Å². The zero-order valence-corrected chi connectivity index (χ0v) is 19.1. The fourth-order valence-electron chi connectivity index (χ4n) is 4.53. The van der Waals surface area contributed by atoms with Gasteiger partial charge >= 0.3 is 0 Å². The quantitative estimate of drug-likeness (QED) is 0.359. The molecule has 0 radical (unpaired) electrons. The Labute approximate surface area is 176 Å². The fraction of sp³-hybridized carbons (Fsp3) is 0.947. The number of halogens is 1. The first-order chi connectivity index (χ1) is 12.1. The van der Waals surface area contributed by atoms with Crippen LogP contribution in [0.3, 0.4) is 0 Å². The number of likely N-dealkylation sites (tertiary alicyclic amines) is 1. The number of ether oxygens (including phenoxy) is 1. The molecule has 2 heterocycles. The summed E-state index contributed by atoms with van der Waals surface area (Å²) >= 11 is 0. The monoisotopic (exact) mass is 479 g/mol. The highest BCUT2D eigenvalue weighted by Gasteiger charge is 2.30. The van der Waals surface area contributed by atoms with Gasteiger partial charge in [0, 0.05) is 58.4 Å². The molecule has 1 atom stereocenters. The van der Waals surface area contributed by atoms with Crippen molar-refractivity contribution in [3.05, 3.63) is 0 Å². The summed E-state index contributed by atoms with van der Waals surface area (Å²) in [5.41, 5.74) is -0.0221. The Morgan fingerprint density at radius 1 is 1.19 bits per heavy atom. The maximum atomic E-state index is 5.78. The van der Waals surface area contributed by atoms with Crippen LogP contribution in [0.2, 0.25) is 0 Å². The molecule has 3 fully saturated rings. The highest BCUT2D eigenvalue weighted by atomic mass is 127. The minimum atomic E-state index is -0.0221. The molecule has 2 saturated heterocycles. The van der Waals surface area contributed by atoms with Crippen molar-refractivity contribution in [2.45, 2.75) is 63.6 Å². The molecule has 0 bridgehead atoms. The third kappa shape index (κ3) is 6.49. The summed E-state index contributed by atoms with van der Waals surface area (Å²) < 4.78 is 5.78. The van der Waals surface area contributed by atoms with Crippen LogP contribution in [0.25, 0.3) is 0 Å². The van der Waals surface area contributed by atoms with Crippen LogP contribution in [0.5, 0.6) is 0 Å². The van der Waals surface area contributed by atoms with E-state index < -0.39 is 0 Å². The molecule has 152 valence electrons. The van der Waals surface area contributed by atoms with E-state index in [-0.39, 0.29) is 29.6 Å². The number of nitrogens with one attached hydrogen (secondary N) is 2. The van der Waals surface area contributed by atoms with Crippen molar-refractivity contribution in [3.63, 3.8) is 0 Å². The number of guanidine groups is 1. The summed E-state index contributed by atoms with van der Waals surface area (Å²) in [5.74, 6) is 0.950. The van der Waals surface area contributed by atoms with Gasteiger partial charge in [0.2, 0.25) is 0 Å². The summed E-state index contributed by atoms with van der Waals surface area (Å²) in [4.78, 5) is 9.58. The highest BCUT2D eigenvalue weighted by molar-refractivity contribution is 14.0. The van der Waals surface area contributed by atoms with Crippen molar-refractivity contribution in [2.24, 2.45) is 4.99 Å². The smallest absolute Gasteiger partial charge is 0.191 e. The van der Waals surface area contributed by atoms with Crippen molar-refractivity contribution >= 4 is 29.9 Å². The lowest BCUT2D eigenvalue weighted by Crippen LogP contribution is -2.51. The average molecular weight is 479 g/mol. The van der Waals surface area contributed by atoms with E-state index >= 15 is 0 Å². The Balaban J connectivity index is 0.00000243. The van der Waals surface area contributed by atoms with Gasteiger partial charge in [-0.1, -0.05) is 12.8 Å². The number of morpholine rings is 1. The minimum Gasteiger partial charge on any atom is -0.373 e. The molecule has 0 amide bonds. The second kappa shape index (κ2) is 10.4. The summed E-state index contributed by atoms with van der Waals surface area (Å²) in [6, 6.07) is 1.38. The van der Waals surface area contributed by atoms with Crippen molar-refractivity contribution < 1.29 is 4.74 Å². The molecule has 7 heteroatoms. The Hall–Kier alpha value is -0.120. The van der Waals surface area contributed by atoms with Crippen LogP contribution in [0.15, 0.2) is 4.99 Å². The molecular weight excluding hydrogens is 441 g/mol. The molecule has 6 nitrogen and oxygen atoms in total. The van der Waals surface area contributed by atoms with E-state index in [4.69, 9.17) is 4.74 Å². The van der Waals surface area contributed by atoms with Crippen LogP contribution in [-0.4, -0.2) is 86.4 Å². The number of hydrogen-bond acceptors (Lipinski definition) is 4. The zero-order valence-electron chi connectivity index (χ0n) is 16.8. The summed E-state index contributed by atoms with van der Waals surface area (Å²) in [5, 5.41) is 7.12. The Morgan fingerprint density at radius 3 is 2.65 bits per heavy atom. The largest absolute Gasteiger partial charge is 0.373 e. The van der Waals surface area contributed by atoms with Crippen LogP contribution < -0.4 is 10.6 Å². The molecule has 0 aromatic carbocycles. The second-order valence-corrected chi connectivity index (χ2v) is 8.45. The summed E-state index contributed by atoms with van der Waals surface area (Å²) in [7, 11) is 1.87. The van der Waals surface area contributed by atoms with Crippen LogP contribution >= 0.6 is 24.0 Å². The van der Waals surface area contributed by atoms with Gasteiger partial charge in [-0.2, -0.15) is 0 Å². The zero-order chi connectivity index (χ0) is 17.7. The first-order valence-electron chi connectivity index (χ1n) is 10.1. The minimum absolute atomic E-state index is 0. The van der Waals surface area contributed by atoms with Gasteiger partial charge < -0.3 is 15.4 Å². The van der Waals surface area contributed by atoms with Gasteiger partial charge in [-0.3, -0.25) is 14.8 Å². The molecule has 1 unspecified atom stereocenters. The van der Waals surface area contributed by atoms with Crippen molar-refractivity contribution in [3.8, 4) is 0 Å². The van der Waals surface area contributed by atoms with Crippen LogP contribution in [0.4, 0.5) is 0 Å². The van der Waals surface area contributed by atoms with Gasteiger partial charge in [-0.15, -0.1) is 24.0 Å². The molecule has 3 rings (SSSR count). The van der Waals surface area contributed by atoms with E-state index in [1.54, 1.807) is 0 Å². The molecule has 0 spiro atoms. The molecule has 1 saturated carbocycles. The highest BCUT2D eigenvalue weighted by Crippen LogP contribution is 2.26. The Morgan fingerprint density at radius 2 is 1.96 bits per heavy atom. The van der Waals surface area contributed by atoms with Gasteiger partial charge in [-0.25, -0.2) is 0 Å². The fourth-order valence-corrected chi connectivity index (χ4v) is 4.53. The van der Waals surface area contributed by atoms with E-state index in [2.05, 4.69) is 39.3 Å². The maximum absolute atomic E-state index is 5.78. The van der Waals surface area contributed by atoms with E-state index in [0.717, 1.165) is 44.8 Å². The molecule has 0 aromatic heterocycles. The summed E-state index contributed by atoms with van der Waals surface area (Å²) in [6.07, 6.45) is 6.86. The maximum Gasteiger partial charge on any atom is 0.191 e. The summed E-state index contributed by atoms with van der Waals surface area (Å²) in [6.45, 7) is 11.6. The molecule has 0 aromatic rings. The SMILES string of the molecule is CN=C(NCCN1CCOC(C)(C)C1)NC1CCN(C2CCCC2)C1.I. The lowest BCUT2D eigenvalue weighted by atomic mass is 10.1. The van der Waals surface area contributed by atoms with Gasteiger partial charge in [-0.05, 0) is 33.1 Å². The van der Waals surface area contributed by atoms with Crippen LogP contribution in [-0.2, 0) is 4.74 Å². The molecule has 3 aliphatic rings. The van der Waals surface area contributed by atoms with Crippen molar-refractivity contribution in [1.29, 1.82) is 0 Å². The normalized spacial score (nSPS) is 28.1. The standard InChI is InChI=1S/C19H37N5O.HI/c1-19(2)15-23(12-13-25-19)11-9-21-18(20-3)22-16-8-10-24(14-16)17-6-4-5-7-17;/h16-17H,4-15H2,1-3H3,(H2,20,21,22);1H. The van der Waals surface area contributed by atoms with Gasteiger partial charge in [0.25, 0.3) is 0 Å². The molecule has 1 aliphatic carbocycles. The molecule has 2 N–H and O–H groups in total. The molecule has 2 aliphatic heterocycles. The number of hydrogen-bond donors (Lipinski definition) is 2. The van der Waals surface area contributed by atoms with E-state index in [9.17, 15) is 0 Å². The van der Waals surface area contributed by atoms with Gasteiger partial charge in [0.15, 0.2) is 5.96 Å². The number of rotatable bonds is 5. The van der Waals surface area contributed by atoms with Crippen molar-refractivity contribution in [2.75, 3.05) is 52.9 Å². The Kier molecular flexibility index (Phi) is 8.90. The third-order valence-corrected chi connectivity index (χ3v) is 5.85. The first-order valence-corrected chi connectivity index (χ1v) is 10.1.